The number of benzene rings is 2. The molecule has 0 saturated heterocycles. The van der Waals surface area contributed by atoms with Crippen molar-refractivity contribution < 1.29 is 28.6 Å². The van der Waals surface area contributed by atoms with Crippen LogP contribution >= 0.6 is 0 Å². The van der Waals surface area contributed by atoms with Gasteiger partial charge in [0.2, 0.25) is 0 Å². The normalized spacial score (nSPS) is 15.0. The van der Waals surface area contributed by atoms with E-state index in [4.69, 9.17) is 14.2 Å². The molecule has 1 aliphatic rings. The van der Waals surface area contributed by atoms with E-state index in [2.05, 4.69) is 32.3 Å². The molecule has 0 bridgehead atoms. The molecule has 40 heavy (non-hydrogen) atoms. The number of esters is 1. The van der Waals surface area contributed by atoms with Crippen molar-refractivity contribution in [2.75, 3.05) is 20.8 Å². The Hall–Kier alpha value is -5.06. The quantitative estimate of drug-likeness (QED) is 0.155. The number of carbonyl (C=O) groups is 3. The number of methoxy groups -OCH3 is 2. The van der Waals surface area contributed by atoms with E-state index in [1.165, 1.54) is 14.2 Å². The number of hydrogen-bond acceptors (Lipinski definition) is 7. The zero-order chi connectivity index (χ0) is 28.8. The number of allylic oxidation sites excluding steroid dienone is 2. The summed E-state index contributed by atoms with van der Waals surface area (Å²) in [5.41, 5.74) is 6.67. The third-order valence-corrected chi connectivity index (χ3v) is 6.53. The summed E-state index contributed by atoms with van der Waals surface area (Å²) in [7, 11) is 2.72. The summed E-state index contributed by atoms with van der Waals surface area (Å²) in [6, 6.07) is 11.6. The molecule has 0 unspecified atom stereocenters. The highest BCUT2D eigenvalue weighted by molar-refractivity contribution is 6.01. The maximum atomic E-state index is 12.5. The third-order valence-electron chi connectivity index (χ3n) is 6.53. The second-order valence-electron chi connectivity index (χ2n) is 8.97. The molecule has 1 aliphatic heterocycles. The number of urea groups is 1. The Kier molecular flexibility index (Phi) is 8.53. The number of amides is 3. The van der Waals surface area contributed by atoms with Gasteiger partial charge in [-0.3, -0.25) is 4.79 Å². The SMILES string of the molecule is C=CCn1c(C)c(/C=N\NC(=O)COc2ccc([C@@H]3NC(=O)NC(C)=C3C(=O)OC)cc2OC)c2ccccc21. The van der Waals surface area contributed by atoms with Crippen molar-refractivity contribution >= 4 is 35.0 Å². The van der Waals surface area contributed by atoms with Gasteiger partial charge in [-0.05, 0) is 37.6 Å². The van der Waals surface area contributed by atoms with E-state index in [9.17, 15) is 14.4 Å². The third kappa shape index (κ3) is 5.68. The lowest BCUT2D eigenvalue weighted by Crippen LogP contribution is -2.45. The molecule has 3 amide bonds. The maximum absolute atomic E-state index is 12.5. The topological polar surface area (TPSA) is 132 Å². The highest BCUT2D eigenvalue weighted by Gasteiger charge is 2.32. The molecule has 2 heterocycles. The van der Waals surface area contributed by atoms with Gasteiger partial charge in [-0.25, -0.2) is 15.0 Å². The Morgan fingerprint density at radius 1 is 1.15 bits per heavy atom. The summed E-state index contributed by atoms with van der Waals surface area (Å²) >= 11 is 0. The molecule has 0 aliphatic carbocycles. The van der Waals surface area contributed by atoms with Gasteiger partial charge >= 0.3 is 12.0 Å². The molecule has 1 atom stereocenters. The Morgan fingerprint density at radius 3 is 2.65 bits per heavy atom. The second kappa shape index (κ2) is 12.2. The predicted molar refractivity (Wildman–Crippen MR) is 150 cm³/mol. The average molecular weight is 546 g/mol. The molecule has 0 spiro atoms. The molecular weight excluding hydrogens is 514 g/mol. The zero-order valence-corrected chi connectivity index (χ0v) is 22.7. The summed E-state index contributed by atoms with van der Waals surface area (Å²) in [5.74, 6) is -0.428. The van der Waals surface area contributed by atoms with Crippen molar-refractivity contribution in [3.63, 3.8) is 0 Å². The van der Waals surface area contributed by atoms with E-state index in [0.29, 0.717) is 29.3 Å². The van der Waals surface area contributed by atoms with Crippen LogP contribution in [0.4, 0.5) is 4.79 Å². The molecule has 208 valence electrons. The molecule has 2 aromatic carbocycles. The molecule has 3 N–H and O–H groups in total. The molecule has 4 rings (SSSR count). The summed E-state index contributed by atoms with van der Waals surface area (Å²) < 4.78 is 18.1. The lowest BCUT2D eigenvalue weighted by Gasteiger charge is -2.28. The first-order valence-corrected chi connectivity index (χ1v) is 12.5. The number of nitrogens with one attached hydrogen (secondary N) is 3. The predicted octanol–water partition coefficient (Wildman–Crippen LogP) is 3.47. The Labute approximate surface area is 231 Å². The summed E-state index contributed by atoms with van der Waals surface area (Å²) in [6.45, 7) is 7.78. The van der Waals surface area contributed by atoms with Crippen LogP contribution in [-0.2, 0) is 20.9 Å². The first kappa shape index (κ1) is 28.0. The van der Waals surface area contributed by atoms with Crippen LogP contribution in [0.15, 0.2) is 71.5 Å². The number of hydrazone groups is 1. The van der Waals surface area contributed by atoms with Crippen LogP contribution in [0, 0.1) is 6.92 Å². The summed E-state index contributed by atoms with van der Waals surface area (Å²) in [5, 5.41) is 10.4. The second-order valence-corrected chi connectivity index (χ2v) is 8.97. The fraction of sp³-hybridized carbons (Fsp3) is 0.241. The fourth-order valence-corrected chi connectivity index (χ4v) is 4.64. The van der Waals surface area contributed by atoms with Crippen LogP contribution in [-0.4, -0.2) is 49.5 Å². The molecule has 3 aromatic rings. The van der Waals surface area contributed by atoms with Gasteiger partial charge in [-0.2, -0.15) is 5.10 Å². The number of nitrogens with zero attached hydrogens (tertiary/aromatic N) is 2. The van der Waals surface area contributed by atoms with Gasteiger partial charge in [-0.1, -0.05) is 30.3 Å². The maximum Gasteiger partial charge on any atom is 0.337 e. The first-order chi connectivity index (χ1) is 19.3. The van der Waals surface area contributed by atoms with E-state index >= 15 is 0 Å². The Balaban J connectivity index is 1.45. The summed E-state index contributed by atoms with van der Waals surface area (Å²) in [4.78, 5) is 36.9. The number of carbonyl (C=O) groups excluding carboxylic acids is 3. The van der Waals surface area contributed by atoms with Gasteiger partial charge < -0.3 is 29.4 Å². The minimum Gasteiger partial charge on any atom is -0.493 e. The van der Waals surface area contributed by atoms with Gasteiger partial charge in [0.25, 0.3) is 5.91 Å². The van der Waals surface area contributed by atoms with E-state index in [1.54, 1.807) is 31.3 Å². The van der Waals surface area contributed by atoms with Crippen molar-refractivity contribution in [2.24, 2.45) is 5.10 Å². The van der Waals surface area contributed by atoms with E-state index in [0.717, 1.165) is 22.2 Å². The van der Waals surface area contributed by atoms with Crippen molar-refractivity contribution in [1.29, 1.82) is 0 Å². The molecule has 11 nitrogen and oxygen atoms in total. The van der Waals surface area contributed by atoms with Gasteiger partial charge in [0.05, 0.1) is 32.0 Å². The van der Waals surface area contributed by atoms with Crippen molar-refractivity contribution in [1.82, 2.24) is 20.6 Å². The van der Waals surface area contributed by atoms with E-state index in [-0.39, 0.29) is 12.2 Å². The van der Waals surface area contributed by atoms with Crippen LogP contribution in [0.2, 0.25) is 0 Å². The largest absolute Gasteiger partial charge is 0.493 e. The lowest BCUT2D eigenvalue weighted by molar-refractivity contribution is -0.136. The highest BCUT2D eigenvalue weighted by Crippen LogP contribution is 2.34. The van der Waals surface area contributed by atoms with Crippen LogP contribution < -0.4 is 25.5 Å². The standard InChI is InChI=1S/C29H31N5O6/c1-6-13-34-18(3)21(20-9-7-8-10-22(20)34)15-30-33-25(35)16-40-23-12-11-19(14-24(23)38-4)27-26(28(36)39-5)17(2)31-29(37)32-27/h6-12,14-15,27H,1,13,16H2,2-5H3,(H,33,35)(H2,31,32,37)/b30-15-/t27-/m0/s1. The lowest BCUT2D eigenvalue weighted by atomic mass is 9.95. The smallest absolute Gasteiger partial charge is 0.337 e. The van der Waals surface area contributed by atoms with Crippen LogP contribution in [0.1, 0.15) is 29.8 Å². The van der Waals surface area contributed by atoms with E-state index in [1.807, 2.05) is 37.3 Å². The van der Waals surface area contributed by atoms with E-state index < -0.39 is 23.9 Å². The number of para-hydroxylation sites is 1. The molecule has 0 fully saturated rings. The Morgan fingerprint density at radius 2 is 1.93 bits per heavy atom. The van der Waals surface area contributed by atoms with Gasteiger partial charge in [0.1, 0.15) is 0 Å². The molecule has 1 aromatic heterocycles. The fourth-order valence-electron chi connectivity index (χ4n) is 4.64. The number of hydrogen-bond donors (Lipinski definition) is 3. The first-order valence-electron chi connectivity index (χ1n) is 12.5. The zero-order valence-electron chi connectivity index (χ0n) is 22.7. The molecule has 0 radical (unpaired) electrons. The average Bonchev–Trinajstić information content (AvgIpc) is 3.21. The number of fused-ring (bicyclic) bond motifs is 1. The van der Waals surface area contributed by atoms with Gasteiger partial charge in [-0.15, -0.1) is 6.58 Å². The monoisotopic (exact) mass is 545 g/mol. The highest BCUT2D eigenvalue weighted by atomic mass is 16.5. The van der Waals surface area contributed by atoms with Gasteiger partial charge in [0, 0.05) is 34.4 Å². The van der Waals surface area contributed by atoms with Crippen LogP contribution in [0.3, 0.4) is 0 Å². The van der Waals surface area contributed by atoms with Crippen molar-refractivity contribution in [3.05, 3.63) is 83.2 Å². The van der Waals surface area contributed by atoms with Crippen molar-refractivity contribution in [3.8, 4) is 11.5 Å². The van der Waals surface area contributed by atoms with Crippen LogP contribution in [0.25, 0.3) is 10.9 Å². The number of aromatic nitrogens is 1. The summed E-state index contributed by atoms with van der Waals surface area (Å²) in [6.07, 6.45) is 3.45. The van der Waals surface area contributed by atoms with Crippen LogP contribution in [0.5, 0.6) is 11.5 Å². The van der Waals surface area contributed by atoms with Gasteiger partial charge in [0.15, 0.2) is 18.1 Å². The molecular formula is C29H31N5O6. The Bertz CT molecular complexity index is 1540. The molecule has 11 heteroatoms. The minimum absolute atomic E-state index is 0.262. The molecule has 0 saturated carbocycles. The number of ether oxygens (including phenoxy) is 3. The number of rotatable bonds is 10. The minimum atomic E-state index is -0.761. The van der Waals surface area contributed by atoms with Crippen molar-refractivity contribution in [2.45, 2.75) is 26.4 Å².